The fourth-order valence-electron chi connectivity index (χ4n) is 0.847. The summed E-state index contributed by atoms with van der Waals surface area (Å²) in [7, 11) is 1.58. The molecule has 0 saturated heterocycles. The number of nitrogens with one attached hydrogen (secondary N) is 1. The van der Waals surface area contributed by atoms with Gasteiger partial charge in [0, 0.05) is 6.21 Å². The van der Waals surface area contributed by atoms with Crippen molar-refractivity contribution in [3.8, 4) is 5.75 Å². The van der Waals surface area contributed by atoms with Crippen LogP contribution in [0.1, 0.15) is 5.69 Å². The van der Waals surface area contributed by atoms with Crippen molar-refractivity contribution < 1.29 is 4.74 Å². The van der Waals surface area contributed by atoms with Gasteiger partial charge >= 0.3 is 0 Å². The molecule has 1 heterocycles. The van der Waals surface area contributed by atoms with Crippen molar-refractivity contribution in [3.63, 3.8) is 0 Å². The molecular formula is C9H11N3O. The van der Waals surface area contributed by atoms with Crippen LogP contribution >= 0.6 is 0 Å². The number of nitrogens with two attached hydrogens (primary N) is 1. The molecule has 0 fully saturated rings. The molecule has 0 spiro atoms. The fourth-order valence-corrected chi connectivity index (χ4v) is 0.847. The van der Waals surface area contributed by atoms with Crippen molar-refractivity contribution in [1.29, 1.82) is 5.41 Å². The molecule has 0 aromatic carbocycles. The van der Waals surface area contributed by atoms with Gasteiger partial charge in [0.1, 0.15) is 5.75 Å². The lowest BCUT2D eigenvalue weighted by atomic mass is 10.2. The van der Waals surface area contributed by atoms with Gasteiger partial charge in [0.15, 0.2) is 0 Å². The topological polar surface area (TPSA) is 72.0 Å². The van der Waals surface area contributed by atoms with E-state index in [1.54, 1.807) is 25.4 Å². The highest BCUT2D eigenvalue weighted by Crippen LogP contribution is 2.11. The van der Waals surface area contributed by atoms with E-state index in [-0.39, 0.29) is 0 Å². The lowest BCUT2D eigenvalue weighted by molar-refractivity contribution is 0.413. The van der Waals surface area contributed by atoms with Crippen molar-refractivity contribution in [2.24, 2.45) is 5.73 Å². The van der Waals surface area contributed by atoms with Crippen molar-refractivity contribution in [3.05, 3.63) is 30.1 Å². The quantitative estimate of drug-likeness (QED) is 0.677. The zero-order valence-corrected chi connectivity index (χ0v) is 7.32. The van der Waals surface area contributed by atoms with E-state index in [0.717, 1.165) is 6.21 Å². The first-order valence-corrected chi connectivity index (χ1v) is 3.74. The van der Waals surface area contributed by atoms with Crippen LogP contribution in [0.3, 0.4) is 0 Å². The van der Waals surface area contributed by atoms with Gasteiger partial charge < -0.3 is 15.9 Å². The van der Waals surface area contributed by atoms with E-state index in [0.29, 0.717) is 17.1 Å². The van der Waals surface area contributed by atoms with Crippen molar-refractivity contribution in [2.75, 3.05) is 7.11 Å². The Morgan fingerprint density at radius 1 is 1.62 bits per heavy atom. The first-order chi connectivity index (χ1) is 6.27. The second-order valence-corrected chi connectivity index (χ2v) is 2.37. The van der Waals surface area contributed by atoms with Gasteiger partial charge in [-0.1, -0.05) is 0 Å². The summed E-state index contributed by atoms with van der Waals surface area (Å²) in [5.41, 5.74) is 6.72. The smallest absolute Gasteiger partial charge is 0.137 e. The predicted molar refractivity (Wildman–Crippen MR) is 51.7 cm³/mol. The molecule has 4 heteroatoms. The minimum Gasteiger partial charge on any atom is -0.495 e. The van der Waals surface area contributed by atoms with Gasteiger partial charge in [-0.15, -0.1) is 0 Å². The van der Waals surface area contributed by atoms with Crippen molar-refractivity contribution in [2.45, 2.75) is 0 Å². The molecule has 0 saturated carbocycles. The van der Waals surface area contributed by atoms with Gasteiger partial charge in [0.2, 0.25) is 0 Å². The van der Waals surface area contributed by atoms with E-state index in [4.69, 9.17) is 15.9 Å². The van der Waals surface area contributed by atoms with E-state index in [1.807, 2.05) is 0 Å². The lowest BCUT2D eigenvalue weighted by Gasteiger charge is -2.01. The largest absolute Gasteiger partial charge is 0.495 e. The number of hydrogen-bond donors (Lipinski definition) is 2. The molecule has 0 radical (unpaired) electrons. The molecule has 3 N–H and O–H groups in total. The summed E-state index contributed by atoms with van der Waals surface area (Å²) in [5.74, 6) is 0.686. The molecule has 0 aliphatic rings. The van der Waals surface area contributed by atoms with Gasteiger partial charge in [0.25, 0.3) is 0 Å². The SMILES string of the molecule is COc1ccc(/C(N)=C/C=N)nc1. The average Bonchev–Trinajstić information content (AvgIpc) is 2.18. The average molecular weight is 177 g/mol. The molecule has 4 nitrogen and oxygen atoms in total. The maximum Gasteiger partial charge on any atom is 0.137 e. The Balaban J connectivity index is 2.91. The number of ether oxygens (including phenoxy) is 1. The van der Waals surface area contributed by atoms with E-state index in [1.165, 1.54) is 6.08 Å². The summed E-state index contributed by atoms with van der Waals surface area (Å²) in [6.45, 7) is 0. The Kier molecular flexibility index (Phi) is 3.03. The number of rotatable bonds is 3. The maximum absolute atomic E-state index is 6.83. The van der Waals surface area contributed by atoms with Crippen LogP contribution in [0.15, 0.2) is 24.4 Å². The number of nitrogens with zero attached hydrogens (tertiary/aromatic N) is 1. The highest BCUT2D eigenvalue weighted by Gasteiger charge is 1.97. The molecule has 0 amide bonds. The van der Waals surface area contributed by atoms with Crippen molar-refractivity contribution in [1.82, 2.24) is 4.98 Å². The van der Waals surface area contributed by atoms with Crippen LogP contribution in [0, 0.1) is 5.41 Å². The number of aromatic nitrogens is 1. The molecule has 0 aliphatic heterocycles. The summed E-state index contributed by atoms with van der Waals surface area (Å²) >= 11 is 0. The molecule has 0 atom stereocenters. The molecule has 0 unspecified atom stereocenters. The molecule has 0 bridgehead atoms. The predicted octanol–water partition coefficient (Wildman–Crippen LogP) is 1.04. The number of methoxy groups -OCH3 is 1. The Hall–Kier alpha value is -1.84. The zero-order chi connectivity index (χ0) is 9.68. The molecule has 1 aromatic heterocycles. The van der Waals surface area contributed by atoms with Crippen LogP contribution in [0.25, 0.3) is 5.70 Å². The van der Waals surface area contributed by atoms with E-state index in [9.17, 15) is 0 Å². The number of allylic oxidation sites excluding steroid dienone is 1. The van der Waals surface area contributed by atoms with E-state index in [2.05, 4.69) is 4.98 Å². The normalized spacial score (nSPS) is 11.0. The van der Waals surface area contributed by atoms with Crippen LogP contribution in [-0.2, 0) is 0 Å². The van der Waals surface area contributed by atoms with Gasteiger partial charge in [-0.25, -0.2) is 0 Å². The van der Waals surface area contributed by atoms with Crippen LogP contribution in [0.5, 0.6) is 5.75 Å². The Bertz CT molecular complexity index is 316. The Morgan fingerprint density at radius 2 is 2.38 bits per heavy atom. The van der Waals surface area contributed by atoms with Gasteiger partial charge in [-0.3, -0.25) is 4.98 Å². The van der Waals surface area contributed by atoms with Gasteiger partial charge in [-0.05, 0) is 18.2 Å². The molecule has 0 aliphatic carbocycles. The molecule has 13 heavy (non-hydrogen) atoms. The Labute approximate surface area is 76.6 Å². The number of hydrogen-bond acceptors (Lipinski definition) is 4. The summed E-state index contributed by atoms with van der Waals surface area (Å²) in [6, 6.07) is 3.52. The van der Waals surface area contributed by atoms with Gasteiger partial charge in [-0.2, -0.15) is 0 Å². The van der Waals surface area contributed by atoms with E-state index < -0.39 is 0 Å². The Morgan fingerprint density at radius 3 is 2.85 bits per heavy atom. The van der Waals surface area contributed by atoms with Crippen LogP contribution in [0.4, 0.5) is 0 Å². The minimum absolute atomic E-state index is 0.470. The summed E-state index contributed by atoms with van der Waals surface area (Å²) in [4.78, 5) is 4.05. The molecule has 1 aromatic rings. The third-order valence-corrected chi connectivity index (χ3v) is 1.53. The minimum atomic E-state index is 0.470. The second-order valence-electron chi connectivity index (χ2n) is 2.37. The first-order valence-electron chi connectivity index (χ1n) is 3.74. The molecule has 68 valence electrons. The summed E-state index contributed by atoms with van der Waals surface area (Å²) in [6.07, 6.45) is 4.19. The molecule has 1 rings (SSSR count). The fraction of sp³-hybridized carbons (Fsp3) is 0.111. The highest BCUT2D eigenvalue weighted by molar-refractivity contribution is 5.80. The van der Waals surface area contributed by atoms with Crippen LogP contribution in [-0.4, -0.2) is 18.3 Å². The monoisotopic (exact) mass is 177 g/mol. The highest BCUT2D eigenvalue weighted by atomic mass is 16.5. The maximum atomic E-state index is 6.83. The van der Waals surface area contributed by atoms with Crippen LogP contribution in [0.2, 0.25) is 0 Å². The van der Waals surface area contributed by atoms with Crippen LogP contribution < -0.4 is 10.5 Å². The lowest BCUT2D eigenvalue weighted by Crippen LogP contribution is -1.99. The third-order valence-electron chi connectivity index (χ3n) is 1.53. The second kappa shape index (κ2) is 4.25. The third kappa shape index (κ3) is 2.30. The van der Waals surface area contributed by atoms with E-state index >= 15 is 0 Å². The molecular weight excluding hydrogens is 166 g/mol. The first kappa shape index (κ1) is 9.25. The standard InChI is InChI=1S/C9H11N3O/c1-13-7-2-3-9(12-6-7)8(11)4-5-10/h2-6,10H,11H2,1H3/b8-4-,10-5?. The zero-order valence-electron chi connectivity index (χ0n) is 7.32. The number of pyridine rings is 1. The summed E-state index contributed by atoms with van der Waals surface area (Å²) in [5, 5.41) is 6.83. The summed E-state index contributed by atoms with van der Waals surface area (Å²) < 4.78 is 4.94. The van der Waals surface area contributed by atoms with Crippen molar-refractivity contribution >= 4 is 11.9 Å². The van der Waals surface area contributed by atoms with Gasteiger partial charge in [0.05, 0.1) is 24.7 Å².